The van der Waals surface area contributed by atoms with Crippen LogP contribution >= 0.6 is 0 Å². The minimum absolute atomic E-state index is 0.320. The van der Waals surface area contributed by atoms with Gasteiger partial charge in [0.05, 0.1) is 33.8 Å². The molecule has 0 aliphatic heterocycles. The van der Waals surface area contributed by atoms with Gasteiger partial charge in [-0.15, -0.1) is 0 Å². The molecular weight excluding hydrogens is 835 g/mol. The van der Waals surface area contributed by atoms with Gasteiger partial charge in [0.1, 0.15) is 11.1 Å². The van der Waals surface area contributed by atoms with Crippen LogP contribution in [0.15, 0.2) is 229 Å². The molecule has 0 aliphatic rings. The van der Waals surface area contributed by atoms with Crippen molar-refractivity contribution in [1.29, 1.82) is 0 Å². The number of hydrogen-bond donors (Lipinski definition) is 0. The van der Waals surface area contributed by atoms with Gasteiger partial charge in [-0.05, 0) is 65.7 Å². The Morgan fingerprint density at radius 2 is 0.750 bits per heavy atom. The summed E-state index contributed by atoms with van der Waals surface area (Å²) in [5, 5.41) is 3.17. The number of hydrogen-bond acceptors (Lipinski definition) is 7. The van der Waals surface area contributed by atoms with Gasteiger partial charge in [-0.2, -0.15) is 0 Å². The van der Waals surface area contributed by atoms with Gasteiger partial charge in [-0.3, -0.25) is 0 Å². The summed E-state index contributed by atoms with van der Waals surface area (Å²) >= 11 is 0. The van der Waals surface area contributed by atoms with Crippen molar-refractivity contribution in [3.05, 3.63) is 224 Å². The van der Waals surface area contributed by atoms with E-state index in [2.05, 4.69) is 114 Å². The minimum Gasteiger partial charge on any atom is -0.452 e. The van der Waals surface area contributed by atoms with Crippen LogP contribution in [-0.2, 0) is 0 Å². The molecule has 0 fully saturated rings. The average molecular weight is 872 g/mol. The lowest BCUT2D eigenvalue weighted by molar-refractivity contribution is 0.666. The molecule has 0 unspecified atom stereocenters. The normalized spacial score (nSPS) is 11.5. The Labute approximate surface area is 390 Å². The van der Waals surface area contributed by atoms with Crippen molar-refractivity contribution >= 4 is 43.9 Å². The topological polar surface area (TPSA) is 95.4 Å². The number of rotatable bonds is 8. The molecule has 0 saturated heterocycles. The van der Waals surface area contributed by atoms with Crippen LogP contribution in [-0.4, -0.2) is 34.5 Å². The van der Waals surface area contributed by atoms with E-state index in [-0.39, 0.29) is 0 Å². The van der Waals surface area contributed by atoms with Crippen LogP contribution < -0.4 is 0 Å². The third kappa shape index (κ3) is 6.87. The van der Waals surface area contributed by atoms with Crippen LogP contribution in [0.4, 0.5) is 0 Å². The van der Waals surface area contributed by atoms with E-state index in [1.165, 1.54) is 10.8 Å². The molecule has 13 rings (SSSR count). The van der Waals surface area contributed by atoms with Crippen LogP contribution in [0.2, 0.25) is 0 Å². The van der Waals surface area contributed by atoms with E-state index in [0.29, 0.717) is 39.8 Å². The van der Waals surface area contributed by atoms with Gasteiger partial charge in [-0.1, -0.05) is 170 Å². The molecule has 0 bridgehead atoms. The molecule has 0 atom stereocenters. The van der Waals surface area contributed by atoms with E-state index >= 15 is 0 Å². The third-order valence-electron chi connectivity index (χ3n) is 12.5. The van der Waals surface area contributed by atoms with E-state index in [4.69, 9.17) is 34.3 Å². The number of aromatic nitrogens is 7. The van der Waals surface area contributed by atoms with Crippen molar-refractivity contribution in [2.75, 3.05) is 0 Å². The van der Waals surface area contributed by atoms with Crippen molar-refractivity contribution in [3.63, 3.8) is 0 Å². The third-order valence-corrected chi connectivity index (χ3v) is 12.5. The summed E-state index contributed by atoms with van der Waals surface area (Å²) in [6, 6.07) is 76.6. The molecule has 5 aromatic heterocycles. The average Bonchev–Trinajstić information content (AvgIpc) is 3.96. The lowest BCUT2D eigenvalue weighted by atomic mass is 10.0. The van der Waals surface area contributed by atoms with Crippen LogP contribution in [0, 0.1) is 0 Å². The van der Waals surface area contributed by atoms with Crippen molar-refractivity contribution in [2.24, 2.45) is 0 Å². The van der Waals surface area contributed by atoms with Crippen molar-refractivity contribution in [1.82, 2.24) is 34.5 Å². The van der Waals surface area contributed by atoms with Crippen LogP contribution in [0.25, 0.3) is 129 Å². The first kappa shape index (κ1) is 39.0. The molecule has 8 nitrogen and oxygen atoms in total. The molecule has 0 saturated carbocycles. The van der Waals surface area contributed by atoms with Gasteiger partial charge < -0.3 is 8.98 Å². The maximum absolute atomic E-state index is 6.83. The number of benzene rings is 8. The lowest BCUT2D eigenvalue weighted by Gasteiger charge is -2.11. The zero-order chi connectivity index (χ0) is 45.0. The van der Waals surface area contributed by atoms with Crippen molar-refractivity contribution in [3.8, 4) is 85.0 Å². The second-order valence-corrected chi connectivity index (χ2v) is 16.7. The molecule has 8 aromatic carbocycles. The van der Waals surface area contributed by atoms with Gasteiger partial charge in [0.2, 0.25) is 0 Å². The summed E-state index contributed by atoms with van der Waals surface area (Å²) in [7, 11) is 0. The molecule has 0 radical (unpaired) electrons. The number of nitrogens with zero attached hydrogens (tertiary/aromatic N) is 7. The highest BCUT2D eigenvalue weighted by Crippen LogP contribution is 2.40. The first-order chi connectivity index (χ1) is 33.7. The largest absolute Gasteiger partial charge is 0.452 e. The summed E-state index contributed by atoms with van der Waals surface area (Å²) in [6.45, 7) is 0. The highest BCUT2D eigenvalue weighted by molar-refractivity contribution is 6.11. The van der Waals surface area contributed by atoms with Gasteiger partial charge in [-0.25, -0.2) is 29.9 Å². The molecule has 8 heteroatoms. The highest BCUT2D eigenvalue weighted by atomic mass is 16.3. The van der Waals surface area contributed by atoms with E-state index in [9.17, 15) is 0 Å². The van der Waals surface area contributed by atoms with Crippen molar-refractivity contribution in [2.45, 2.75) is 0 Å². The van der Waals surface area contributed by atoms with E-state index < -0.39 is 0 Å². The predicted molar refractivity (Wildman–Crippen MR) is 273 cm³/mol. The Balaban J connectivity index is 1.06. The minimum atomic E-state index is 0.320. The van der Waals surface area contributed by atoms with Gasteiger partial charge >= 0.3 is 0 Å². The summed E-state index contributed by atoms with van der Waals surface area (Å²) in [5.41, 5.74) is 14.4. The molecular formula is C60H37N7O. The summed E-state index contributed by atoms with van der Waals surface area (Å²) in [4.78, 5) is 31.4. The van der Waals surface area contributed by atoms with Crippen LogP contribution in [0.1, 0.15) is 0 Å². The fourth-order valence-corrected chi connectivity index (χ4v) is 9.21. The Bertz CT molecular complexity index is 3890. The van der Waals surface area contributed by atoms with E-state index in [1.54, 1.807) is 0 Å². The van der Waals surface area contributed by atoms with Crippen LogP contribution in [0.5, 0.6) is 0 Å². The first-order valence-electron chi connectivity index (χ1n) is 22.5. The van der Waals surface area contributed by atoms with Crippen molar-refractivity contribution < 1.29 is 4.42 Å². The molecule has 13 aromatic rings. The SMILES string of the molecule is c1ccc(-c2cc(-c3ccccc3)nc(-c3nc(-c4nc(-c5ccccc5)cc(-c5ccccc5)n4)c4oc5ccc(-c6ccc7c(c6)c6ccccc6n7-c6ccccc6)cc5c4n3)n2)cc1. The summed E-state index contributed by atoms with van der Waals surface area (Å²) in [5.74, 6) is 1.07. The smallest absolute Gasteiger partial charge is 0.199 e. The van der Waals surface area contributed by atoms with E-state index in [0.717, 1.165) is 78.3 Å². The number of para-hydroxylation sites is 2. The monoisotopic (exact) mass is 871 g/mol. The Morgan fingerprint density at radius 3 is 1.31 bits per heavy atom. The maximum atomic E-state index is 6.83. The standard InChI is InChI=1S/C60H37N7O/c1-6-18-38(19-7-1)48-36-49(39-20-8-2-9-21-39)62-58(61-48)56-57-55(65-60(66-56)59-63-50(40-22-10-3-11-23-40)37-51(64-59)41-24-12-4-13-25-41)47-35-43(31-33-54(47)68-57)42-30-32-53-46(34-42)45-28-16-17-29-52(45)67(53)44-26-14-5-15-27-44/h1-37H. The van der Waals surface area contributed by atoms with Gasteiger partial charge in [0.15, 0.2) is 28.8 Å². The first-order valence-corrected chi connectivity index (χ1v) is 22.5. The van der Waals surface area contributed by atoms with Gasteiger partial charge in [0, 0.05) is 44.1 Å². The Kier molecular flexibility index (Phi) is 9.31. The van der Waals surface area contributed by atoms with E-state index in [1.807, 2.05) is 115 Å². The highest BCUT2D eigenvalue weighted by Gasteiger charge is 2.24. The maximum Gasteiger partial charge on any atom is 0.199 e. The number of fused-ring (bicyclic) bond motifs is 6. The second-order valence-electron chi connectivity index (χ2n) is 16.7. The zero-order valence-electron chi connectivity index (χ0n) is 36.4. The molecule has 5 heterocycles. The second kappa shape index (κ2) is 16.2. The molecule has 0 N–H and O–H groups in total. The fourth-order valence-electron chi connectivity index (χ4n) is 9.21. The zero-order valence-corrected chi connectivity index (χ0v) is 36.4. The number of furan rings is 1. The lowest BCUT2D eigenvalue weighted by Crippen LogP contribution is -2.03. The molecule has 318 valence electrons. The Morgan fingerprint density at radius 1 is 0.309 bits per heavy atom. The van der Waals surface area contributed by atoms with Gasteiger partial charge in [0.25, 0.3) is 0 Å². The molecule has 0 amide bonds. The Hall–Kier alpha value is -9.40. The predicted octanol–water partition coefficient (Wildman–Crippen LogP) is 14.7. The fraction of sp³-hybridized carbons (Fsp3) is 0. The van der Waals surface area contributed by atoms with Crippen LogP contribution in [0.3, 0.4) is 0 Å². The molecule has 0 spiro atoms. The quantitative estimate of drug-likeness (QED) is 0.150. The molecule has 68 heavy (non-hydrogen) atoms. The summed E-state index contributed by atoms with van der Waals surface area (Å²) < 4.78 is 9.16. The summed E-state index contributed by atoms with van der Waals surface area (Å²) in [6.07, 6.45) is 0. The molecule has 0 aliphatic carbocycles.